The van der Waals surface area contributed by atoms with Gasteiger partial charge in [-0.25, -0.2) is 0 Å². The molecule has 3 rings (SSSR count). The quantitative estimate of drug-likeness (QED) is 0.272. The Labute approximate surface area is 194 Å². The van der Waals surface area contributed by atoms with Crippen LogP contribution in [0.3, 0.4) is 0 Å². The first-order valence-electron chi connectivity index (χ1n) is 11.5. The average molecular weight is 419 g/mol. The minimum Gasteiger partial charge on any atom is -0.0995 e. The third kappa shape index (κ3) is 6.56. The van der Waals surface area contributed by atoms with E-state index in [0.29, 0.717) is 0 Å². The summed E-state index contributed by atoms with van der Waals surface area (Å²) in [5.41, 5.74) is 8.53. The van der Waals surface area contributed by atoms with E-state index in [-0.39, 0.29) is 5.92 Å². The van der Waals surface area contributed by atoms with E-state index >= 15 is 0 Å². The molecule has 0 nitrogen and oxygen atoms in total. The normalized spacial score (nSPS) is 11.9. The van der Waals surface area contributed by atoms with E-state index in [4.69, 9.17) is 0 Å². The minimum atomic E-state index is 0.110. The highest BCUT2D eigenvalue weighted by atomic mass is 14.2. The van der Waals surface area contributed by atoms with E-state index in [1.807, 2.05) is 6.07 Å². The molecule has 0 saturated carbocycles. The van der Waals surface area contributed by atoms with Crippen molar-refractivity contribution >= 4 is 11.6 Å². The summed E-state index contributed by atoms with van der Waals surface area (Å²) in [4.78, 5) is 0. The third-order valence-corrected chi connectivity index (χ3v) is 5.94. The van der Waals surface area contributed by atoms with Crippen LogP contribution >= 0.6 is 0 Å². The Kier molecular flexibility index (Phi) is 8.63. The lowest BCUT2D eigenvalue weighted by Gasteiger charge is -2.23. The summed E-state index contributed by atoms with van der Waals surface area (Å²) in [6.45, 7) is 15.4. The second kappa shape index (κ2) is 11.9. The minimum absolute atomic E-state index is 0.110. The van der Waals surface area contributed by atoms with Gasteiger partial charge in [0.1, 0.15) is 0 Å². The van der Waals surface area contributed by atoms with Crippen LogP contribution in [0.5, 0.6) is 0 Å². The highest BCUT2D eigenvalue weighted by molar-refractivity contribution is 5.72. The number of hydrogen-bond donors (Lipinski definition) is 0. The molecule has 0 aliphatic heterocycles. The van der Waals surface area contributed by atoms with Gasteiger partial charge < -0.3 is 0 Å². The van der Waals surface area contributed by atoms with Crippen LogP contribution in [-0.2, 0) is 6.42 Å². The van der Waals surface area contributed by atoms with Crippen molar-refractivity contribution in [1.82, 2.24) is 0 Å². The molecule has 0 aliphatic rings. The van der Waals surface area contributed by atoms with Crippen LogP contribution in [0, 0.1) is 0 Å². The number of aryl methyl sites for hydroxylation is 1. The smallest absolute Gasteiger partial charge is 0.0296 e. The van der Waals surface area contributed by atoms with Gasteiger partial charge in [0.15, 0.2) is 0 Å². The van der Waals surface area contributed by atoms with Gasteiger partial charge in [0, 0.05) is 5.92 Å². The van der Waals surface area contributed by atoms with Crippen molar-refractivity contribution in [1.29, 1.82) is 0 Å². The lowest BCUT2D eigenvalue weighted by molar-refractivity contribution is 0.842. The van der Waals surface area contributed by atoms with Gasteiger partial charge in [0.2, 0.25) is 0 Å². The number of rotatable bonds is 11. The van der Waals surface area contributed by atoms with Gasteiger partial charge in [-0.15, -0.1) is 0 Å². The first-order chi connectivity index (χ1) is 15.6. The maximum absolute atomic E-state index is 4.47. The molecule has 0 N–H and O–H groups in total. The van der Waals surface area contributed by atoms with Crippen molar-refractivity contribution in [3.8, 4) is 0 Å². The van der Waals surface area contributed by atoms with Crippen molar-refractivity contribution in [2.24, 2.45) is 0 Å². The van der Waals surface area contributed by atoms with E-state index in [2.05, 4.69) is 118 Å². The van der Waals surface area contributed by atoms with Crippen molar-refractivity contribution in [2.45, 2.75) is 38.5 Å². The van der Waals surface area contributed by atoms with Gasteiger partial charge in [-0.05, 0) is 53.5 Å². The Morgan fingerprint density at radius 1 is 0.781 bits per heavy atom. The fourth-order valence-corrected chi connectivity index (χ4v) is 3.96. The van der Waals surface area contributed by atoms with Crippen LogP contribution < -0.4 is 0 Å². The maximum Gasteiger partial charge on any atom is 0.0296 e. The highest BCUT2D eigenvalue weighted by Crippen LogP contribution is 2.38. The van der Waals surface area contributed by atoms with E-state index < -0.39 is 0 Å². The predicted octanol–water partition coefficient (Wildman–Crippen LogP) is 9.04. The van der Waals surface area contributed by atoms with Crippen LogP contribution in [-0.4, -0.2) is 0 Å². The topological polar surface area (TPSA) is 0 Å². The summed E-state index contributed by atoms with van der Waals surface area (Å²) in [5, 5.41) is 0. The average Bonchev–Trinajstić information content (AvgIpc) is 2.84. The molecule has 1 atom stereocenters. The second-order valence-corrected chi connectivity index (χ2v) is 8.34. The van der Waals surface area contributed by atoms with Crippen LogP contribution in [0.4, 0.5) is 0 Å². The number of benzene rings is 3. The Morgan fingerprint density at radius 3 is 2.03 bits per heavy atom. The Hall–Kier alpha value is -3.38. The van der Waals surface area contributed by atoms with Crippen molar-refractivity contribution in [3.05, 3.63) is 144 Å². The summed E-state index contributed by atoms with van der Waals surface area (Å²) < 4.78 is 0. The van der Waals surface area contributed by atoms with Gasteiger partial charge in [-0.2, -0.15) is 0 Å². The molecular weight excluding hydrogens is 384 g/mol. The molecule has 0 aliphatic carbocycles. The zero-order valence-corrected chi connectivity index (χ0v) is 19.3. The Bertz CT molecular complexity index is 1050. The predicted molar refractivity (Wildman–Crippen MR) is 142 cm³/mol. The fourth-order valence-electron chi connectivity index (χ4n) is 3.96. The Morgan fingerprint density at radius 2 is 1.41 bits per heavy atom. The molecule has 1 unspecified atom stereocenters. The van der Waals surface area contributed by atoms with Crippen LogP contribution in [0.25, 0.3) is 11.6 Å². The van der Waals surface area contributed by atoms with E-state index in [1.165, 1.54) is 33.4 Å². The summed E-state index contributed by atoms with van der Waals surface area (Å²) in [7, 11) is 0. The second-order valence-electron chi connectivity index (χ2n) is 8.34. The van der Waals surface area contributed by atoms with Gasteiger partial charge >= 0.3 is 0 Å². The van der Waals surface area contributed by atoms with Crippen LogP contribution in [0.1, 0.15) is 54.4 Å². The van der Waals surface area contributed by atoms with Gasteiger partial charge in [0.25, 0.3) is 0 Å². The van der Waals surface area contributed by atoms with E-state index in [1.54, 1.807) is 0 Å². The Balaban J connectivity index is 1.61. The van der Waals surface area contributed by atoms with E-state index in [0.717, 1.165) is 31.3 Å². The molecule has 0 heteroatoms. The molecule has 3 aromatic carbocycles. The third-order valence-electron chi connectivity index (χ3n) is 5.94. The molecule has 3 aromatic rings. The maximum atomic E-state index is 4.47. The molecule has 0 bridgehead atoms. The van der Waals surface area contributed by atoms with Gasteiger partial charge in [-0.3, -0.25) is 0 Å². The monoisotopic (exact) mass is 418 g/mol. The standard InChI is InChI=1S/C32H34/c1-5-28-21-23-29(24-22-28)14-12-13-25(2)19-20-26(3)32(31-17-10-7-11-18-31)27(4)30-15-8-6-9-16-30/h6-12,14-18,21-24,32H,2-5,13,19-20H2,1H3. The molecule has 0 amide bonds. The van der Waals surface area contributed by atoms with Gasteiger partial charge in [-0.1, -0.05) is 135 Å². The van der Waals surface area contributed by atoms with Crippen molar-refractivity contribution in [2.75, 3.05) is 0 Å². The summed E-state index contributed by atoms with van der Waals surface area (Å²) >= 11 is 0. The van der Waals surface area contributed by atoms with E-state index in [9.17, 15) is 0 Å². The number of hydrogen-bond acceptors (Lipinski definition) is 0. The summed E-state index contributed by atoms with van der Waals surface area (Å²) in [6, 6.07) is 29.8. The SMILES string of the molecule is C=C(CC=Cc1ccc(CC)cc1)CCC(=C)C(C(=C)c1ccccc1)c1ccccc1. The first-order valence-corrected chi connectivity index (χ1v) is 11.5. The zero-order valence-electron chi connectivity index (χ0n) is 19.3. The molecule has 0 heterocycles. The molecular formula is C32H34. The first kappa shape index (κ1) is 23.3. The zero-order chi connectivity index (χ0) is 22.8. The largest absolute Gasteiger partial charge is 0.0995 e. The molecule has 162 valence electrons. The van der Waals surface area contributed by atoms with Crippen molar-refractivity contribution < 1.29 is 0 Å². The van der Waals surface area contributed by atoms with Crippen LogP contribution in [0.15, 0.2) is 122 Å². The fraction of sp³-hybridized carbons (Fsp3) is 0.188. The summed E-state index contributed by atoms with van der Waals surface area (Å²) in [6.07, 6.45) is 8.20. The molecule has 0 radical (unpaired) electrons. The molecule has 0 fully saturated rings. The van der Waals surface area contributed by atoms with Gasteiger partial charge in [0.05, 0.1) is 0 Å². The van der Waals surface area contributed by atoms with Crippen LogP contribution in [0.2, 0.25) is 0 Å². The lowest BCUT2D eigenvalue weighted by Crippen LogP contribution is -2.05. The molecule has 32 heavy (non-hydrogen) atoms. The molecule has 0 aromatic heterocycles. The summed E-state index contributed by atoms with van der Waals surface area (Å²) in [5.74, 6) is 0.110. The number of allylic oxidation sites excluding steroid dienone is 4. The van der Waals surface area contributed by atoms with Crippen molar-refractivity contribution in [3.63, 3.8) is 0 Å². The molecule has 0 saturated heterocycles. The highest BCUT2D eigenvalue weighted by Gasteiger charge is 2.19. The lowest BCUT2D eigenvalue weighted by atomic mass is 9.81. The molecule has 0 spiro atoms.